The third-order valence-corrected chi connectivity index (χ3v) is 10.7. The molecule has 1 saturated heterocycles. The van der Waals surface area contributed by atoms with Gasteiger partial charge in [-0.15, -0.1) is 0 Å². The number of carbonyl (C=O) groups excluding carboxylic acids is 7. The van der Waals surface area contributed by atoms with Crippen LogP contribution in [0.2, 0.25) is 0 Å². The first-order chi connectivity index (χ1) is 23.7. The zero-order valence-electron chi connectivity index (χ0n) is 29.3. The third kappa shape index (κ3) is 5.56. The van der Waals surface area contributed by atoms with Gasteiger partial charge in [0.05, 0.1) is 29.2 Å². The number of aliphatic hydroxyl groups is 2. The summed E-state index contributed by atoms with van der Waals surface area (Å²) in [5, 5.41) is 25.3. The van der Waals surface area contributed by atoms with Gasteiger partial charge in [0.25, 0.3) is 0 Å². The van der Waals surface area contributed by atoms with Gasteiger partial charge in [-0.05, 0) is 26.0 Å². The Kier molecular flexibility index (Phi) is 9.58. The first-order valence-corrected chi connectivity index (χ1v) is 16.3. The monoisotopic (exact) mass is 719 g/mol. The lowest BCUT2D eigenvalue weighted by Crippen LogP contribution is -2.88. The molecule has 12 atom stereocenters. The number of carbonyl (C=O) groups is 7. The Bertz CT molecular complexity index is 1670. The molecule has 17 heteroatoms. The van der Waals surface area contributed by atoms with Crippen molar-refractivity contribution in [3.8, 4) is 0 Å². The van der Waals surface area contributed by atoms with E-state index < -0.39 is 125 Å². The molecule has 51 heavy (non-hydrogen) atoms. The lowest BCUT2D eigenvalue weighted by molar-refractivity contribution is -0.376. The molecule has 3 heterocycles. The summed E-state index contributed by atoms with van der Waals surface area (Å²) in [7, 11) is 0. The van der Waals surface area contributed by atoms with E-state index in [1.54, 1.807) is 6.92 Å². The van der Waals surface area contributed by atoms with Crippen molar-refractivity contribution in [3.05, 3.63) is 29.6 Å². The van der Waals surface area contributed by atoms with E-state index in [-0.39, 0.29) is 11.3 Å². The fraction of sp³-hybridized carbons (Fsp3) is 0.647. The van der Waals surface area contributed by atoms with Crippen LogP contribution in [-0.4, -0.2) is 117 Å². The van der Waals surface area contributed by atoms with E-state index in [0.29, 0.717) is 0 Å². The topological polar surface area (TPSA) is 237 Å². The molecule has 0 unspecified atom stereocenters. The van der Waals surface area contributed by atoms with E-state index >= 15 is 0 Å². The zero-order chi connectivity index (χ0) is 38.0. The highest BCUT2D eigenvalue weighted by atomic mass is 16.7. The summed E-state index contributed by atoms with van der Waals surface area (Å²) < 4.78 is 40.8. The molecule has 2 aliphatic carbocycles. The van der Waals surface area contributed by atoms with Crippen molar-refractivity contribution in [1.82, 2.24) is 4.98 Å². The Labute approximate surface area is 292 Å². The molecule has 0 aromatic carbocycles. The maximum atomic E-state index is 14.7. The van der Waals surface area contributed by atoms with Crippen LogP contribution in [0.4, 0.5) is 0 Å². The van der Waals surface area contributed by atoms with E-state index in [1.807, 2.05) is 0 Å². The summed E-state index contributed by atoms with van der Waals surface area (Å²) in [5.41, 5.74) is -10.1. The van der Waals surface area contributed by atoms with Gasteiger partial charge in [-0.25, -0.2) is 4.79 Å². The molecule has 5 rings (SSSR count). The van der Waals surface area contributed by atoms with E-state index in [1.165, 1.54) is 32.2 Å². The van der Waals surface area contributed by atoms with Gasteiger partial charge >= 0.3 is 35.8 Å². The summed E-state index contributed by atoms with van der Waals surface area (Å²) in [4.78, 5) is 97.6. The van der Waals surface area contributed by atoms with Crippen molar-refractivity contribution in [2.75, 3.05) is 13.2 Å². The molecule has 2 N–H and O–H groups in total. The smallest absolute Gasteiger partial charge is 0.340 e. The highest BCUT2D eigenvalue weighted by molar-refractivity contribution is 5.94. The molecule has 1 spiro atoms. The van der Waals surface area contributed by atoms with E-state index in [0.717, 1.165) is 34.6 Å². The van der Waals surface area contributed by atoms with Gasteiger partial charge in [0.15, 0.2) is 30.2 Å². The zero-order valence-corrected chi connectivity index (χ0v) is 29.3. The number of esters is 6. The quantitative estimate of drug-likeness (QED) is 0.303. The molecule has 1 aromatic rings. The van der Waals surface area contributed by atoms with E-state index in [9.17, 15) is 43.8 Å². The molecule has 1 aromatic heterocycles. The predicted molar refractivity (Wildman–Crippen MR) is 165 cm³/mol. The maximum absolute atomic E-state index is 14.7. The molecule has 4 bridgehead atoms. The van der Waals surface area contributed by atoms with Gasteiger partial charge < -0.3 is 43.4 Å². The standard InChI is InChI=1S/C34H41NO16/c1-14-15(2)29(42)50-27-24(47-17(4)37)28(49-19(6)39)33(13-45-16(3)36)26(48-18(5)38)23(40)21-25(41)34(33,32(27,8)44)51-31(21,7)12-46-30(43)20-10-9-11-35-22(14)20/h9-11,14-15,21,24-28,41,44H,12-13H2,1-8H3/t14-,15-,21-,24-,25+,26+,27-,28-,31-,32-,33+,34+/m1/s1. The molecule has 0 radical (unpaired) electrons. The van der Waals surface area contributed by atoms with Gasteiger partial charge in [0.1, 0.15) is 35.4 Å². The number of aliphatic hydroxyl groups excluding tert-OH is 1. The number of Topliss-reactive ketones (excluding diaryl/α,β-unsaturated/α-hetero) is 1. The average molecular weight is 720 g/mol. The number of ketones is 1. The summed E-state index contributed by atoms with van der Waals surface area (Å²) >= 11 is 0. The highest BCUT2D eigenvalue weighted by Gasteiger charge is 2.90. The van der Waals surface area contributed by atoms with Crippen molar-refractivity contribution in [2.45, 2.75) is 109 Å². The number of ether oxygens (including phenoxy) is 7. The molecule has 17 nitrogen and oxygen atoms in total. The normalized spacial score (nSPS) is 40.2. The second kappa shape index (κ2) is 12.9. The number of nitrogens with zero attached hydrogens (tertiary/aromatic N) is 1. The number of aromatic nitrogens is 1. The Balaban J connectivity index is 1.91. The molecule has 3 fully saturated rings. The summed E-state index contributed by atoms with van der Waals surface area (Å²) in [6.45, 7) is 7.48. The average Bonchev–Trinajstić information content (AvgIpc) is 3.25. The van der Waals surface area contributed by atoms with Gasteiger partial charge in [-0.2, -0.15) is 0 Å². The largest absolute Gasteiger partial charge is 0.465 e. The predicted octanol–water partition coefficient (Wildman–Crippen LogP) is 0.100. The minimum Gasteiger partial charge on any atom is -0.465 e. The lowest BCUT2D eigenvalue weighted by Gasteiger charge is -2.66. The number of hydrogen-bond acceptors (Lipinski definition) is 17. The minimum absolute atomic E-state index is 0.0294. The van der Waals surface area contributed by atoms with Crippen molar-refractivity contribution in [2.24, 2.45) is 17.3 Å². The van der Waals surface area contributed by atoms with Crippen LogP contribution in [-0.2, 0) is 61.9 Å². The Morgan fingerprint density at radius 1 is 0.941 bits per heavy atom. The van der Waals surface area contributed by atoms with Crippen molar-refractivity contribution in [3.63, 3.8) is 0 Å². The third-order valence-electron chi connectivity index (χ3n) is 10.7. The highest BCUT2D eigenvalue weighted by Crippen LogP contribution is 2.68. The summed E-state index contributed by atoms with van der Waals surface area (Å²) in [6, 6.07) is 2.89. The van der Waals surface area contributed by atoms with Crippen LogP contribution >= 0.6 is 0 Å². The molecule has 4 aliphatic rings. The fourth-order valence-corrected chi connectivity index (χ4v) is 8.41. The van der Waals surface area contributed by atoms with Crippen LogP contribution in [0.1, 0.15) is 77.4 Å². The van der Waals surface area contributed by atoms with Crippen LogP contribution in [0.3, 0.4) is 0 Å². The Morgan fingerprint density at radius 3 is 2.16 bits per heavy atom. The van der Waals surface area contributed by atoms with Crippen LogP contribution < -0.4 is 0 Å². The maximum Gasteiger partial charge on any atom is 0.340 e. The Hall–Kier alpha value is -4.48. The number of fused-ring (bicyclic) bond motifs is 5. The first kappa shape index (κ1) is 37.8. The van der Waals surface area contributed by atoms with E-state index in [4.69, 9.17) is 33.2 Å². The van der Waals surface area contributed by atoms with Crippen LogP contribution in [0, 0.1) is 17.3 Å². The molecule has 2 saturated carbocycles. The van der Waals surface area contributed by atoms with Crippen LogP contribution in [0.25, 0.3) is 0 Å². The number of pyridine rings is 1. The van der Waals surface area contributed by atoms with Gasteiger partial charge in [0.2, 0.25) is 0 Å². The van der Waals surface area contributed by atoms with Crippen LogP contribution in [0.15, 0.2) is 18.3 Å². The second-order valence-electron chi connectivity index (χ2n) is 14.0. The number of hydrogen-bond donors (Lipinski definition) is 2. The molecule has 0 amide bonds. The van der Waals surface area contributed by atoms with Crippen molar-refractivity contribution in [1.29, 1.82) is 0 Å². The molecule has 278 valence electrons. The van der Waals surface area contributed by atoms with E-state index in [2.05, 4.69) is 4.98 Å². The van der Waals surface area contributed by atoms with Gasteiger partial charge in [-0.1, -0.05) is 13.8 Å². The summed E-state index contributed by atoms with van der Waals surface area (Å²) in [5.74, 6) is -10.8. The van der Waals surface area contributed by atoms with Gasteiger partial charge in [0, 0.05) is 39.8 Å². The van der Waals surface area contributed by atoms with Crippen molar-refractivity contribution >= 4 is 41.6 Å². The minimum atomic E-state index is -2.78. The van der Waals surface area contributed by atoms with Gasteiger partial charge in [-0.3, -0.25) is 33.8 Å². The molecular formula is C34H41NO16. The molecule has 2 aliphatic heterocycles. The number of cyclic esters (lactones) is 1. The van der Waals surface area contributed by atoms with Crippen molar-refractivity contribution < 1.29 is 76.9 Å². The SMILES string of the molecule is CC(=O)OC[C@]12[C@H](OC(C)=O)[C@H](OC(C)=O)[C@H]3OC(=O)[C@H](C)[C@@H](C)c4ncccc4C(=O)OC[C@@]4(C)O[C@@]1([C@@H](O)[C@H]4C(=O)[C@@H]2OC(C)=O)[C@]3(C)O. The lowest BCUT2D eigenvalue weighted by atomic mass is 9.45. The first-order valence-electron chi connectivity index (χ1n) is 16.3. The fourth-order valence-electron chi connectivity index (χ4n) is 8.41. The second-order valence-corrected chi connectivity index (χ2v) is 14.0. The summed E-state index contributed by atoms with van der Waals surface area (Å²) in [6.07, 6.45) is -9.04. The Morgan fingerprint density at radius 2 is 1.57 bits per heavy atom. The number of rotatable bonds is 5. The van der Waals surface area contributed by atoms with Crippen LogP contribution in [0.5, 0.6) is 0 Å². The molecular weight excluding hydrogens is 678 g/mol.